The second kappa shape index (κ2) is 14.9. The zero-order valence-corrected chi connectivity index (χ0v) is 30.5. The summed E-state index contributed by atoms with van der Waals surface area (Å²) in [5.74, 6) is 0.571. The molecule has 1 saturated heterocycles. The van der Waals surface area contributed by atoms with Crippen LogP contribution in [0.25, 0.3) is 11.2 Å². The van der Waals surface area contributed by atoms with E-state index < -0.39 is 30.7 Å². The molecular weight excluding hydrogens is 760 g/mol. The van der Waals surface area contributed by atoms with Gasteiger partial charge in [-0.2, -0.15) is 9.97 Å². The summed E-state index contributed by atoms with van der Waals surface area (Å²) in [5.41, 5.74) is 0.213. The van der Waals surface area contributed by atoms with Gasteiger partial charge in [0.05, 0.1) is 19.5 Å². The normalized spacial score (nSPS) is 20.7. The lowest BCUT2D eigenvalue weighted by atomic mass is 9.98. The SMILES string of the molecule is CN(Cc1c(Cl)cccc1Cl)c1nc(NCc2c(Cl)cccc2Cl)nc2c1ncn2[C@@H]1O[C@H](CO)[C@@H](OCc2c(Cl)cccc2Cl)[C@@]1(C)F. The molecule has 2 aromatic heterocycles. The highest BCUT2D eigenvalue weighted by molar-refractivity contribution is 6.37. The first-order chi connectivity index (χ1) is 23.4. The van der Waals surface area contributed by atoms with Crippen LogP contribution < -0.4 is 10.2 Å². The molecule has 49 heavy (non-hydrogen) atoms. The Morgan fingerprint density at radius 1 is 0.898 bits per heavy atom. The molecule has 0 amide bonds. The monoisotopic (exact) mass is 786 g/mol. The molecule has 0 radical (unpaired) electrons. The number of aliphatic hydroxyl groups excluding tert-OH is 1. The third kappa shape index (κ3) is 7.26. The third-order valence-corrected chi connectivity index (χ3v) is 10.4. The van der Waals surface area contributed by atoms with E-state index in [2.05, 4.69) is 10.3 Å². The van der Waals surface area contributed by atoms with E-state index in [0.717, 1.165) is 0 Å². The molecule has 258 valence electrons. The van der Waals surface area contributed by atoms with Gasteiger partial charge in [-0.15, -0.1) is 0 Å². The van der Waals surface area contributed by atoms with Gasteiger partial charge in [0.15, 0.2) is 28.9 Å². The van der Waals surface area contributed by atoms with E-state index in [0.29, 0.717) is 58.2 Å². The van der Waals surface area contributed by atoms with Crippen LogP contribution in [0.1, 0.15) is 29.8 Å². The van der Waals surface area contributed by atoms with Gasteiger partial charge >= 0.3 is 0 Å². The number of benzene rings is 3. The lowest BCUT2D eigenvalue weighted by molar-refractivity contribution is -0.0675. The molecule has 0 saturated carbocycles. The van der Waals surface area contributed by atoms with Crippen molar-refractivity contribution >= 4 is 92.5 Å². The van der Waals surface area contributed by atoms with Gasteiger partial charge < -0.3 is 24.8 Å². The van der Waals surface area contributed by atoms with Crippen molar-refractivity contribution in [3.63, 3.8) is 0 Å². The van der Waals surface area contributed by atoms with Crippen LogP contribution in [0.5, 0.6) is 0 Å². The van der Waals surface area contributed by atoms with Gasteiger partial charge in [0.1, 0.15) is 12.2 Å². The molecule has 1 aliphatic heterocycles. The molecule has 3 aromatic carbocycles. The number of ether oxygens (including phenoxy) is 2. The van der Waals surface area contributed by atoms with Crippen molar-refractivity contribution in [2.75, 3.05) is 23.9 Å². The van der Waals surface area contributed by atoms with Crippen molar-refractivity contribution in [1.82, 2.24) is 19.5 Å². The average molecular weight is 789 g/mol. The van der Waals surface area contributed by atoms with E-state index in [9.17, 15) is 5.11 Å². The van der Waals surface area contributed by atoms with Crippen molar-refractivity contribution in [1.29, 1.82) is 0 Å². The number of alkyl halides is 1. The first-order valence-electron chi connectivity index (χ1n) is 15.0. The summed E-state index contributed by atoms with van der Waals surface area (Å²) in [6.07, 6.45) is -2.14. The largest absolute Gasteiger partial charge is 0.394 e. The van der Waals surface area contributed by atoms with Gasteiger partial charge in [0, 0.05) is 67.0 Å². The van der Waals surface area contributed by atoms with Gasteiger partial charge in [-0.1, -0.05) is 87.8 Å². The zero-order chi connectivity index (χ0) is 35.0. The third-order valence-electron chi connectivity index (χ3n) is 8.29. The van der Waals surface area contributed by atoms with Crippen LogP contribution in [0, 0.1) is 0 Å². The highest BCUT2D eigenvalue weighted by Gasteiger charge is 2.56. The number of rotatable bonds is 11. The standard InChI is InChI=1S/C33H29Cl6FN6O3/c1-33(40)28(48-15-19-24(38)10-5-11-25(19)39)26(14-47)49-31(33)46-16-42-27-29(45(2)13-18-22(36)8-4-9-23(18)37)43-32(44-30(27)46)41-12-17-20(34)6-3-7-21(17)35/h3-11,16,26,28,31,47H,12-15H2,1-2H3,(H,41,43,44)/t26-,28-,31-,33-/m1/s1. The molecule has 2 N–H and O–H groups in total. The van der Waals surface area contributed by atoms with Crippen molar-refractivity contribution in [2.45, 2.75) is 50.7 Å². The van der Waals surface area contributed by atoms with Gasteiger partial charge in [0.2, 0.25) is 5.95 Å². The van der Waals surface area contributed by atoms with E-state index in [1.54, 1.807) is 61.6 Å². The molecule has 6 rings (SSSR count). The molecule has 16 heteroatoms. The summed E-state index contributed by atoms with van der Waals surface area (Å²) in [5, 5.41) is 16.0. The summed E-state index contributed by atoms with van der Waals surface area (Å²) >= 11 is 38.5. The number of anilines is 2. The van der Waals surface area contributed by atoms with Crippen LogP contribution in [0.3, 0.4) is 0 Å². The molecular formula is C33H29Cl6FN6O3. The fourth-order valence-corrected chi connectivity index (χ4v) is 7.30. The van der Waals surface area contributed by atoms with Crippen molar-refractivity contribution in [2.24, 2.45) is 0 Å². The smallest absolute Gasteiger partial charge is 0.227 e. The van der Waals surface area contributed by atoms with Crippen LogP contribution in [0.4, 0.5) is 16.2 Å². The zero-order valence-electron chi connectivity index (χ0n) is 26.0. The fourth-order valence-electron chi connectivity index (χ4n) is 5.75. The summed E-state index contributed by atoms with van der Waals surface area (Å²) in [6, 6.07) is 15.5. The van der Waals surface area contributed by atoms with E-state index in [4.69, 9.17) is 89.0 Å². The number of fused-ring (bicyclic) bond motifs is 1. The van der Waals surface area contributed by atoms with Crippen LogP contribution in [-0.2, 0) is 29.2 Å². The number of hydrogen-bond donors (Lipinski definition) is 2. The van der Waals surface area contributed by atoms with E-state index in [1.807, 2.05) is 4.90 Å². The van der Waals surface area contributed by atoms with E-state index >= 15 is 4.39 Å². The van der Waals surface area contributed by atoms with E-state index in [1.165, 1.54) is 17.8 Å². The van der Waals surface area contributed by atoms with Crippen LogP contribution in [0.15, 0.2) is 60.9 Å². The highest BCUT2D eigenvalue weighted by atomic mass is 35.5. The minimum atomic E-state index is -2.18. The molecule has 0 spiro atoms. The number of aromatic nitrogens is 4. The molecule has 1 aliphatic rings. The maximum Gasteiger partial charge on any atom is 0.227 e. The Morgan fingerprint density at radius 2 is 1.45 bits per heavy atom. The first-order valence-corrected chi connectivity index (χ1v) is 17.2. The Morgan fingerprint density at radius 3 is 2.02 bits per heavy atom. The maximum atomic E-state index is 17.0. The van der Waals surface area contributed by atoms with Gasteiger partial charge in [-0.05, 0) is 43.3 Å². The number of halogens is 7. The number of aliphatic hydroxyl groups is 1. The summed E-state index contributed by atoms with van der Waals surface area (Å²) in [6.45, 7) is 1.16. The number of nitrogens with one attached hydrogen (secondary N) is 1. The fraction of sp³-hybridized carbons (Fsp3) is 0.303. The van der Waals surface area contributed by atoms with Crippen LogP contribution in [-0.4, -0.2) is 56.2 Å². The van der Waals surface area contributed by atoms with Crippen molar-refractivity contribution in [3.05, 3.63) is 108 Å². The van der Waals surface area contributed by atoms with Crippen LogP contribution in [0.2, 0.25) is 30.1 Å². The van der Waals surface area contributed by atoms with Gasteiger partial charge in [-0.3, -0.25) is 4.57 Å². The second-order valence-electron chi connectivity index (χ2n) is 11.6. The second-order valence-corrected chi connectivity index (χ2v) is 14.0. The number of nitrogens with zero attached hydrogens (tertiary/aromatic N) is 5. The molecule has 3 heterocycles. The maximum absolute atomic E-state index is 17.0. The van der Waals surface area contributed by atoms with Crippen molar-refractivity contribution in [3.8, 4) is 0 Å². The Labute approximate surface area is 311 Å². The molecule has 9 nitrogen and oxygen atoms in total. The summed E-state index contributed by atoms with van der Waals surface area (Å²) < 4.78 is 30.6. The molecule has 1 fully saturated rings. The minimum absolute atomic E-state index is 0.111. The molecule has 4 atom stereocenters. The Kier molecular flexibility index (Phi) is 11.0. The Balaban J connectivity index is 1.38. The van der Waals surface area contributed by atoms with Gasteiger partial charge in [0.25, 0.3) is 0 Å². The number of imidazole rings is 1. The molecule has 0 bridgehead atoms. The lowest BCUT2D eigenvalue weighted by Crippen LogP contribution is -2.42. The predicted molar refractivity (Wildman–Crippen MR) is 193 cm³/mol. The van der Waals surface area contributed by atoms with E-state index in [-0.39, 0.29) is 31.3 Å². The lowest BCUT2D eigenvalue weighted by Gasteiger charge is -2.28. The summed E-state index contributed by atoms with van der Waals surface area (Å²) in [4.78, 5) is 15.9. The minimum Gasteiger partial charge on any atom is -0.394 e. The molecule has 0 aliphatic carbocycles. The van der Waals surface area contributed by atoms with Crippen LogP contribution >= 0.6 is 69.6 Å². The van der Waals surface area contributed by atoms with Crippen molar-refractivity contribution < 1.29 is 19.0 Å². The number of hydrogen-bond acceptors (Lipinski definition) is 8. The van der Waals surface area contributed by atoms with Gasteiger partial charge in [-0.25, -0.2) is 9.37 Å². The highest BCUT2D eigenvalue weighted by Crippen LogP contribution is 2.45. The molecule has 0 unspecified atom stereocenters. The predicted octanol–water partition coefficient (Wildman–Crippen LogP) is 9.20. The molecule has 5 aromatic rings. The topological polar surface area (TPSA) is 97.6 Å². The Bertz CT molecular complexity index is 1940. The Hall–Kier alpha value is -2.64. The summed E-state index contributed by atoms with van der Waals surface area (Å²) in [7, 11) is 1.80. The first kappa shape index (κ1) is 36.2. The average Bonchev–Trinajstić information content (AvgIpc) is 3.58. The quantitative estimate of drug-likeness (QED) is 0.137.